The van der Waals surface area contributed by atoms with Crippen LogP contribution in [0.15, 0.2) is 28.7 Å². The van der Waals surface area contributed by atoms with Crippen molar-refractivity contribution in [2.75, 3.05) is 20.1 Å². The van der Waals surface area contributed by atoms with Crippen LogP contribution in [0.2, 0.25) is 0 Å². The van der Waals surface area contributed by atoms with E-state index in [1.165, 1.54) is 0 Å². The smallest absolute Gasteiger partial charge is 0.338 e. The highest BCUT2D eigenvalue weighted by atomic mass is 79.9. The molecular formula is C13H16BrNO2. The summed E-state index contributed by atoms with van der Waals surface area (Å²) < 4.78 is 6.46. The lowest BCUT2D eigenvalue weighted by Gasteiger charge is -2.29. The highest BCUT2D eigenvalue weighted by Gasteiger charge is 2.21. The largest absolute Gasteiger partial charge is 0.457 e. The van der Waals surface area contributed by atoms with Gasteiger partial charge in [-0.2, -0.15) is 0 Å². The van der Waals surface area contributed by atoms with Gasteiger partial charge in [0.05, 0.1) is 5.56 Å². The molecule has 1 atom stereocenters. The van der Waals surface area contributed by atoms with Crippen molar-refractivity contribution in [2.24, 2.45) is 0 Å². The Balaban J connectivity index is 1.94. The number of piperidine rings is 1. The van der Waals surface area contributed by atoms with Gasteiger partial charge in [-0.3, -0.25) is 0 Å². The van der Waals surface area contributed by atoms with E-state index in [4.69, 9.17) is 4.74 Å². The van der Waals surface area contributed by atoms with Crippen molar-refractivity contribution in [1.29, 1.82) is 0 Å². The number of ether oxygens (including phenoxy) is 1. The fraction of sp³-hybridized carbons (Fsp3) is 0.462. The van der Waals surface area contributed by atoms with Gasteiger partial charge < -0.3 is 9.64 Å². The molecule has 3 nitrogen and oxygen atoms in total. The third-order valence-corrected chi connectivity index (χ3v) is 3.46. The van der Waals surface area contributed by atoms with E-state index < -0.39 is 0 Å². The summed E-state index contributed by atoms with van der Waals surface area (Å²) in [7, 11) is 2.06. The number of carbonyl (C=O) groups excluding carboxylic acids is 1. The second kappa shape index (κ2) is 5.65. The Kier molecular flexibility index (Phi) is 4.18. The zero-order chi connectivity index (χ0) is 12.3. The molecule has 0 radical (unpaired) electrons. The third kappa shape index (κ3) is 3.54. The maximum Gasteiger partial charge on any atom is 0.338 e. The van der Waals surface area contributed by atoms with Gasteiger partial charge in [-0.05, 0) is 50.7 Å². The highest BCUT2D eigenvalue weighted by Crippen LogP contribution is 2.15. The zero-order valence-corrected chi connectivity index (χ0v) is 11.4. The van der Waals surface area contributed by atoms with E-state index in [-0.39, 0.29) is 12.1 Å². The number of halogens is 1. The van der Waals surface area contributed by atoms with Gasteiger partial charge in [0.25, 0.3) is 0 Å². The lowest BCUT2D eigenvalue weighted by Crippen LogP contribution is -2.38. The second-order valence-electron chi connectivity index (χ2n) is 4.44. The van der Waals surface area contributed by atoms with E-state index >= 15 is 0 Å². The van der Waals surface area contributed by atoms with Crippen LogP contribution in [0.4, 0.5) is 0 Å². The molecule has 1 aromatic carbocycles. The Morgan fingerprint density at radius 2 is 2.12 bits per heavy atom. The zero-order valence-electron chi connectivity index (χ0n) is 9.86. The van der Waals surface area contributed by atoms with Gasteiger partial charge in [-0.1, -0.05) is 15.9 Å². The second-order valence-corrected chi connectivity index (χ2v) is 5.35. The highest BCUT2D eigenvalue weighted by molar-refractivity contribution is 9.10. The topological polar surface area (TPSA) is 29.5 Å². The van der Waals surface area contributed by atoms with Gasteiger partial charge in [-0.25, -0.2) is 4.79 Å². The molecule has 1 aromatic rings. The van der Waals surface area contributed by atoms with Gasteiger partial charge in [0.1, 0.15) is 6.10 Å². The number of rotatable bonds is 2. The molecule has 0 amide bonds. The first-order valence-electron chi connectivity index (χ1n) is 5.80. The number of carbonyl (C=O) groups is 1. The predicted molar refractivity (Wildman–Crippen MR) is 70.1 cm³/mol. The van der Waals surface area contributed by atoms with E-state index in [2.05, 4.69) is 27.9 Å². The van der Waals surface area contributed by atoms with Crippen LogP contribution in [0.25, 0.3) is 0 Å². The molecule has 0 spiro atoms. The van der Waals surface area contributed by atoms with Gasteiger partial charge in [0, 0.05) is 11.0 Å². The summed E-state index contributed by atoms with van der Waals surface area (Å²) >= 11 is 3.34. The molecule has 1 fully saturated rings. The van der Waals surface area contributed by atoms with E-state index in [1.54, 1.807) is 12.1 Å². The molecule has 4 heteroatoms. The summed E-state index contributed by atoms with van der Waals surface area (Å²) in [5.41, 5.74) is 0.612. The molecule has 1 unspecified atom stereocenters. The summed E-state index contributed by atoms with van der Waals surface area (Å²) in [6.45, 7) is 1.93. The van der Waals surface area contributed by atoms with Gasteiger partial charge in [0.15, 0.2) is 0 Å². The van der Waals surface area contributed by atoms with Gasteiger partial charge >= 0.3 is 5.97 Å². The summed E-state index contributed by atoms with van der Waals surface area (Å²) in [4.78, 5) is 14.1. The molecule has 1 aliphatic rings. The standard InChI is InChI=1S/C13H16BrNO2/c1-15-8-2-3-12(9-15)17-13(16)10-4-6-11(14)7-5-10/h4-7,12H,2-3,8-9H2,1H3. The lowest BCUT2D eigenvalue weighted by molar-refractivity contribution is 0.0108. The maximum absolute atomic E-state index is 11.9. The molecule has 17 heavy (non-hydrogen) atoms. The minimum Gasteiger partial charge on any atom is -0.457 e. The number of esters is 1. The van der Waals surface area contributed by atoms with Crippen molar-refractivity contribution in [2.45, 2.75) is 18.9 Å². The van der Waals surface area contributed by atoms with Crippen LogP contribution in [0, 0.1) is 0 Å². The van der Waals surface area contributed by atoms with Crippen molar-refractivity contribution in [3.63, 3.8) is 0 Å². The third-order valence-electron chi connectivity index (χ3n) is 2.93. The molecule has 1 aliphatic heterocycles. The first-order chi connectivity index (χ1) is 8.15. The molecule has 92 valence electrons. The van der Waals surface area contributed by atoms with Crippen LogP contribution in [0.3, 0.4) is 0 Å². The molecule has 0 saturated carbocycles. The van der Waals surface area contributed by atoms with Crippen LogP contribution in [0.5, 0.6) is 0 Å². The van der Waals surface area contributed by atoms with E-state index in [9.17, 15) is 4.79 Å². The minimum atomic E-state index is -0.224. The Morgan fingerprint density at radius 3 is 2.76 bits per heavy atom. The van der Waals surface area contributed by atoms with Gasteiger partial charge in [-0.15, -0.1) is 0 Å². The summed E-state index contributed by atoms with van der Waals surface area (Å²) in [6.07, 6.45) is 2.09. The van der Waals surface area contributed by atoms with Crippen molar-refractivity contribution in [3.05, 3.63) is 34.3 Å². The van der Waals surface area contributed by atoms with Crippen LogP contribution in [-0.4, -0.2) is 37.1 Å². The summed E-state index contributed by atoms with van der Waals surface area (Å²) in [5, 5.41) is 0. The number of likely N-dealkylation sites (tertiary alicyclic amines) is 1. The van der Waals surface area contributed by atoms with Crippen LogP contribution >= 0.6 is 15.9 Å². The Hall–Kier alpha value is -0.870. The molecule has 1 heterocycles. The summed E-state index contributed by atoms with van der Waals surface area (Å²) in [6, 6.07) is 7.26. The Labute approximate surface area is 110 Å². The molecular weight excluding hydrogens is 282 g/mol. The van der Waals surface area contributed by atoms with Crippen LogP contribution in [0.1, 0.15) is 23.2 Å². The minimum absolute atomic E-state index is 0.0323. The number of likely N-dealkylation sites (N-methyl/N-ethyl adjacent to an activating group) is 1. The molecule has 0 aliphatic carbocycles. The first kappa shape index (κ1) is 12.6. The molecule has 0 bridgehead atoms. The first-order valence-corrected chi connectivity index (χ1v) is 6.59. The van der Waals surface area contributed by atoms with Gasteiger partial charge in [0.2, 0.25) is 0 Å². The molecule has 2 rings (SSSR count). The SMILES string of the molecule is CN1CCCC(OC(=O)c2ccc(Br)cc2)C1. The van der Waals surface area contributed by atoms with Crippen molar-refractivity contribution in [1.82, 2.24) is 4.90 Å². The van der Waals surface area contributed by atoms with E-state index in [0.29, 0.717) is 5.56 Å². The molecule has 0 N–H and O–H groups in total. The number of hydrogen-bond donors (Lipinski definition) is 0. The number of hydrogen-bond acceptors (Lipinski definition) is 3. The van der Waals surface area contributed by atoms with Crippen molar-refractivity contribution < 1.29 is 9.53 Å². The number of benzene rings is 1. The normalized spacial score (nSPS) is 21.2. The fourth-order valence-corrected chi connectivity index (χ4v) is 2.28. The average Bonchev–Trinajstić information content (AvgIpc) is 2.29. The Morgan fingerprint density at radius 1 is 1.41 bits per heavy atom. The lowest BCUT2D eigenvalue weighted by atomic mass is 10.1. The number of nitrogens with zero attached hydrogens (tertiary/aromatic N) is 1. The van der Waals surface area contributed by atoms with Crippen molar-refractivity contribution in [3.8, 4) is 0 Å². The monoisotopic (exact) mass is 297 g/mol. The quantitative estimate of drug-likeness (QED) is 0.786. The fourth-order valence-electron chi connectivity index (χ4n) is 2.02. The van der Waals surface area contributed by atoms with E-state index in [1.807, 2.05) is 12.1 Å². The van der Waals surface area contributed by atoms with Crippen LogP contribution in [-0.2, 0) is 4.74 Å². The molecule has 0 aromatic heterocycles. The van der Waals surface area contributed by atoms with E-state index in [0.717, 1.165) is 30.4 Å². The Bertz CT molecular complexity index is 391. The summed E-state index contributed by atoms with van der Waals surface area (Å²) in [5.74, 6) is -0.224. The van der Waals surface area contributed by atoms with Crippen molar-refractivity contribution >= 4 is 21.9 Å². The maximum atomic E-state index is 11.9. The average molecular weight is 298 g/mol. The molecule has 1 saturated heterocycles. The predicted octanol–water partition coefficient (Wildman–Crippen LogP) is 2.70. The van der Waals surface area contributed by atoms with Crippen LogP contribution < -0.4 is 0 Å².